The van der Waals surface area contributed by atoms with E-state index in [4.69, 9.17) is 0 Å². The number of anilines is 2. The van der Waals surface area contributed by atoms with Crippen molar-refractivity contribution < 1.29 is 14.5 Å². The normalized spacial score (nSPS) is 18.1. The van der Waals surface area contributed by atoms with Crippen LogP contribution >= 0.6 is 0 Å². The lowest BCUT2D eigenvalue weighted by molar-refractivity contribution is -0.895. The van der Waals surface area contributed by atoms with Crippen LogP contribution in [0.3, 0.4) is 0 Å². The number of rotatable bonds is 5. The van der Waals surface area contributed by atoms with E-state index in [-0.39, 0.29) is 11.8 Å². The molecule has 2 aliphatic rings. The summed E-state index contributed by atoms with van der Waals surface area (Å²) in [6.07, 6.45) is 2.48. The maximum absolute atomic E-state index is 12.6. The summed E-state index contributed by atoms with van der Waals surface area (Å²) in [4.78, 5) is 30.6. The van der Waals surface area contributed by atoms with Crippen LogP contribution < -0.4 is 15.1 Å². The van der Waals surface area contributed by atoms with E-state index in [1.165, 1.54) is 23.4 Å². The minimum absolute atomic E-state index is 0.0254. The molecule has 0 saturated carbocycles. The monoisotopic (exact) mass is 421 g/mol. The predicted molar refractivity (Wildman–Crippen MR) is 124 cm³/mol. The largest absolute Gasteiger partial charge is 0.372 e. The summed E-state index contributed by atoms with van der Waals surface area (Å²) >= 11 is 0. The third-order valence-corrected chi connectivity index (χ3v) is 6.49. The van der Waals surface area contributed by atoms with Crippen LogP contribution in [0.5, 0.6) is 0 Å². The number of nitrogens with zero attached hydrogens (tertiary/aromatic N) is 2. The molecule has 2 aliphatic heterocycles. The molecule has 2 N–H and O–H groups in total. The zero-order valence-corrected chi connectivity index (χ0v) is 18.3. The smallest absolute Gasteiger partial charge is 0.279 e. The van der Waals surface area contributed by atoms with Gasteiger partial charge in [-0.25, -0.2) is 0 Å². The first-order valence-electron chi connectivity index (χ1n) is 11.4. The minimum atomic E-state index is 0.0254. The molecule has 31 heavy (non-hydrogen) atoms. The molecule has 6 nitrogen and oxygen atoms in total. The number of carbonyl (C=O) groups is 2. The number of amides is 2. The highest BCUT2D eigenvalue weighted by molar-refractivity contribution is 5.94. The van der Waals surface area contributed by atoms with Crippen molar-refractivity contribution in [1.82, 2.24) is 4.90 Å². The number of carbonyl (C=O) groups excluding carboxylic acids is 2. The van der Waals surface area contributed by atoms with Crippen LogP contribution in [0.1, 0.15) is 30.1 Å². The molecule has 164 valence electrons. The molecule has 0 bridgehead atoms. The fraction of sp³-hybridized carbons (Fsp3) is 0.440. The third-order valence-electron chi connectivity index (χ3n) is 6.49. The number of piperidine rings is 1. The fourth-order valence-electron chi connectivity index (χ4n) is 4.42. The van der Waals surface area contributed by atoms with Crippen LogP contribution in [0.15, 0.2) is 54.6 Å². The molecule has 0 aliphatic carbocycles. The van der Waals surface area contributed by atoms with E-state index in [0.717, 1.165) is 43.3 Å². The van der Waals surface area contributed by atoms with E-state index in [0.29, 0.717) is 19.6 Å². The average Bonchev–Trinajstić information content (AvgIpc) is 2.81. The zero-order chi connectivity index (χ0) is 21.6. The van der Waals surface area contributed by atoms with Gasteiger partial charge in [-0.05, 0) is 55.2 Å². The van der Waals surface area contributed by atoms with Crippen molar-refractivity contribution in [3.05, 3.63) is 60.2 Å². The summed E-state index contributed by atoms with van der Waals surface area (Å²) in [7, 11) is 0. The molecule has 2 amide bonds. The number of piperazine rings is 1. The van der Waals surface area contributed by atoms with E-state index < -0.39 is 0 Å². The molecule has 2 aromatic carbocycles. The third kappa shape index (κ3) is 5.64. The van der Waals surface area contributed by atoms with Gasteiger partial charge >= 0.3 is 0 Å². The van der Waals surface area contributed by atoms with Crippen molar-refractivity contribution in [3.8, 4) is 0 Å². The summed E-state index contributed by atoms with van der Waals surface area (Å²) in [5, 5.41) is 3.03. The van der Waals surface area contributed by atoms with Crippen molar-refractivity contribution in [2.24, 2.45) is 5.92 Å². The van der Waals surface area contributed by atoms with Crippen LogP contribution in [0.4, 0.5) is 11.4 Å². The molecule has 2 aromatic rings. The van der Waals surface area contributed by atoms with Gasteiger partial charge in [0.1, 0.15) is 0 Å². The Kier molecular flexibility index (Phi) is 6.87. The molecular weight excluding hydrogens is 388 g/mol. The Morgan fingerprint density at radius 1 is 0.935 bits per heavy atom. The second kappa shape index (κ2) is 9.96. The lowest BCUT2D eigenvalue weighted by atomic mass is 9.99. The number of hydrogen-bond acceptors (Lipinski definition) is 3. The summed E-state index contributed by atoms with van der Waals surface area (Å²) in [5.74, 6) is 0.917. The lowest BCUT2D eigenvalue weighted by Gasteiger charge is -2.32. The molecule has 0 spiro atoms. The van der Waals surface area contributed by atoms with Crippen LogP contribution in [0, 0.1) is 5.92 Å². The molecule has 0 atom stereocenters. The Balaban J connectivity index is 1.22. The van der Waals surface area contributed by atoms with Gasteiger partial charge < -0.3 is 20.0 Å². The van der Waals surface area contributed by atoms with Gasteiger partial charge in [0.05, 0.1) is 26.2 Å². The fourth-order valence-corrected chi connectivity index (χ4v) is 4.42. The minimum Gasteiger partial charge on any atom is -0.372 e. The van der Waals surface area contributed by atoms with Gasteiger partial charge in [-0.1, -0.05) is 25.1 Å². The van der Waals surface area contributed by atoms with Gasteiger partial charge in [-0.2, -0.15) is 0 Å². The van der Waals surface area contributed by atoms with Gasteiger partial charge in [-0.15, -0.1) is 0 Å². The van der Waals surface area contributed by atoms with Gasteiger partial charge in [0, 0.05) is 30.0 Å². The van der Waals surface area contributed by atoms with Crippen LogP contribution in [-0.2, 0) is 4.79 Å². The summed E-state index contributed by atoms with van der Waals surface area (Å²) in [6.45, 7) is 7.90. The summed E-state index contributed by atoms with van der Waals surface area (Å²) < 4.78 is 0. The maximum Gasteiger partial charge on any atom is 0.279 e. The van der Waals surface area contributed by atoms with Gasteiger partial charge in [0.15, 0.2) is 6.54 Å². The Morgan fingerprint density at radius 2 is 1.58 bits per heavy atom. The molecule has 0 aromatic heterocycles. The predicted octanol–water partition coefficient (Wildman–Crippen LogP) is 1.90. The Morgan fingerprint density at radius 3 is 2.23 bits per heavy atom. The standard InChI is InChI=1S/C25H32N4O2/c1-20-11-13-28(14-12-20)23-9-7-22(8-10-23)26-24(30)19-27-15-17-29(18-16-27)25(31)21-5-3-2-4-6-21/h2-10,20H,11-19H2,1H3,(H,26,30)/p+1. The molecule has 2 heterocycles. The van der Waals surface area contributed by atoms with E-state index in [2.05, 4.69) is 29.3 Å². The van der Waals surface area contributed by atoms with E-state index in [1.807, 2.05) is 47.4 Å². The molecule has 6 heteroatoms. The number of hydrogen-bond donors (Lipinski definition) is 2. The number of nitrogens with one attached hydrogen (secondary N) is 2. The second-order valence-corrected chi connectivity index (χ2v) is 8.85. The highest BCUT2D eigenvalue weighted by atomic mass is 16.2. The Labute approximate surface area is 184 Å². The van der Waals surface area contributed by atoms with Crippen molar-refractivity contribution in [2.75, 3.05) is 56.0 Å². The molecule has 0 radical (unpaired) electrons. The van der Waals surface area contributed by atoms with E-state index >= 15 is 0 Å². The quantitative estimate of drug-likeness (QED) is 0.775. The lowest BCUT2D eigenvalue weighted by Crippen LogP contribution is -3.15. The van der Waals surface area contributed by atoms with Gasteiger partial charge in [-0.3, -0.25) is 9.59 Å². The summed E-state index contributed by atoms with van der Waals surface area (Å²) in [6, 6.07) is 17.6. The van der Waals surface area contributed by atoms with Gasteiger partial charge in [0.2, 0.25) is 0 Å². The second-order valence-electron chi connectivity index (χ2n) is 8.85. The topological polar surface area (TPSA) is 57.1 Å². The zero-order valence-electron chi connectivity index (χ0n) is 18.3. The Bertz CT molecular complexity index is 868. The van der Waals surface area contributed by atoms with Crippen LogP contribution in [0.25, 0.3) is 0 Å². The van der Waals surface area contributed by atoms with E-state index in [9.17, 15) is 9.59 Å². The Hall–Kier alpha value is -2.86. The molecule has 2 fully saturated rings. The van der Waals surface area contributed by atoms with Crippen LogP contribution in [0.2, 0.25) is 0 Å². The SMILES string of the molecule is CC1CCN(c2ccc(NC(=O)C[NH+]3CCN(C(=O)c4ccccc4)CC3)cc2)CC1. The summed E-state index contributed by atoms with van der Waals surface area (Å²) in [5.41, 5.74) is 2.80. The highest BCUT2D eigenvalue weighted by Crippen LogP contribution is 2.24. The molecular formula is C25H33N4O2+. The van der Waals surface area contributed by atoms with E-state index in [1.54, 1.807) is 0 Å². The number of benzene rings is 2. The van der Waals surface area contributed by atoms with Crippen molar-refractivity contribution in [3.63, 3.8) is 0 Å². The highest BCUT2D eigenvalue weighted by Gasteiger charge is 2.26. The average molecular weight is 422 g/mol. The van der Waals surface area contributed by atoms with Gasteiger partial charge in [0.25, 0.3) is 11.8 Å². The molecule has 0 unspecified atom stereocenters. The number of quaternary nitrogens is 1. The molecule has 4 rings (SSSR count). The first-order valence-corrected chi connectivity index (χ1v) is 11.4. The molecule has 2 saturated heterocycles. The first-order chi connectivity index (χ1) is 15.1. The van der Waals surface area contributed by atoms with Crippen molar-refractivity contribution >= 4 is 23.2 Å². The van der Waals surface area contributed by atoms with Crippen LogP contribution in [-0.4, -0.2) is 62.5 Å². The van der Waals surface area contributed by atoms with Crippen molar-refractivity contribution in [1.29, 1.82) is 0 Å². The van der Waals surface area contributed by atoms with Crippen molar-refractivity contribution in [2.45, 2.75) is 19.8 Å². The maximum atomic E-state index is 12.6. The first kappa shape index (κ1) is 21.4.